The van der Waals surface area contributed by atoms with E-state index < -0.39 is 0 Å². The van der Waals surface area contributed by atoms with Gasteiger partial charge in [0.05, 0.1) is 5.25 Å². The van der Waals surface area contributed by atoms with Gasteiger partial charge in [0.2, 0.25) is 5.91 Å². The number of hydrogen-bond acceptors (Lipinski definition) is 5. The van der Waals surface area contributed by atoms with Crippen molar-refractivity contribution < 1.29 is 14.3 Å². The third kappa shape index (κ3) is 5.35. The first-order valence-corrected chi connectivity index (χ1v) is 10.7. The predicted molar refractivity (Wildman–Crippen MR) is 107 cm³/mol. The molecule has 26 heavy (non-hydrogen) atoms. The van der Waals surface area contributed by atoms with Gasteiger partial charge in [-0.25, -0.2) is 0 Å². The Bertz CT molecular complexity index is 728. The fraction of sp³-hybridized carbons (Fsp3) is 0.400. The van der Waals surface area contributed by atoms with Crippen LogP contribution in [0.5, 0.6) is 5.75 Å². The van der Waals surface area contributed by atoms with Crippen LogP contribution in [0.3, 0.4) is 0 Å². The van der Waals surface area contributed by atoms with Crippen LogP contribution in [0, 0.1) is 0 Å². The highest BCUT2D eigenvalue weighted by molar-refractivity contribution is 8.15. The molecule has 138 valence electrons. The van der Waals surface area contributed by atoms with Crippen LogP contribution in [0.15, 0.2) is 41.8 Å². The number of imide groups is 1. The summed E-state index contributed by atoms with van der Waals surface area (Å²) in [7, 11) is 0. The molecule has 1 aromatic heterocycles. The molecule has 2 amide bonds. The molecule has 0 spiro atoms. The molecule has 3 rings (SSSR count). The van der Waals surface area contributed by atoms with Gasteiger partial charge in [-0.3, -0.25) is 14.9 Å². The Balaban J connectivity index is 1.35. The molecule has 2 atom stereocenters. The van der Waals surface area contributed by atoms with E-state index in [-0.39, 0.29) is 22.5 Å². The van der Waals surface area contributed by atoms with Gasteiger partial charge >= 0.3 is 0 Å². The van der Waals surface area contributed by atoms with Crippen molar-refractivity contribution >= 4 is 34.2 Å². The van der Waals surface area contributed by atoms with E-state index in [1.807, 2.05) is 18.2 Å². The molecule has 0 radical (unpaired) electrons. The highest BCUT2D eigenvalue weighted by Gasteiger charge is 2.30. The summed E-state index contributed by atoms with van der Waals surface area (Å²) in [6.07, 6.45) is 4.97. The minimum atomic E-state index is -0.212. The SMILES string of the molecule is CC(Oc1ccc(CCCCCC2SC(=O)NC2=O)cc1)c1cccs1. The van der Waals surface area contributed by atoms with Gasteiger partial charge in [0, 0.05) is 4.88 Å². The summed E-state index contributed by atoms with van der Waals surface area (Å²) in [5.41, 5.74) is 1.30. The lowest BCUT2D eigenvalue weighted by atomic mass is 10.1. The van der Waals surface area contributed by atoms with Crippen LogP contribution in [0.4, 0.5) is 4.79 Å². The number of rotatable bonds is 9. The molecule has 1 fully saturated rings. The van der Waals surface area contributed by atoms with E-state index in [1.54, 1.807) is 11.3 Å². The number of carbonyl (C=O) groups is 2. The summed E-state index contributed by atoms with van der Waals surface area (Å²) in [5.74, 6) is 0.760. The molecule has 0 saturated carbocycles. The second-order valence-corrected chi connectivity index (χ2v) is 8.56. The van der Waals surface area contributed by atoms with Crippen molar-refractivity contribution in [3.63, 3.8) is 0 Å². The summed E-state index contributed by atoms with van der Waals surface area (Å²) in [6, 6.07) is 12.4. The van der Waals surface area contributed by atoms with E-state index in [2.05, 4.69) is 35.8 Å². The van der Waals surface area contributed by atoms with Crippen molar-refractivity contribution in [2.45, 2.75) is 50.4 Å². The molecule has 6 heteroatoms. The summed E-state index contributed by atoms with van der Waals surface area (Å²) >= 11 is 2.83. The lowest BCUT2D eigenvalue weighted by Crippen LogP contribution is -2.24. The zero-order valence-electron chi connectivity index (χ0n) is 14.8. The Morgan fingerprint density at radius 2 is 1.92 bits per heavy atom. The van der Waals surface area contributed by atoms with Crippen LogP contribution in [0.1, 0.15) is 49.2 Å². The standard InChI is InChI=1S/C20H23NO3S2/c1-14(17-8-5-13-25-17)24-16-11-9-15(10-12-16)6-3-2-4-7-18-19(22)21-20(23)26-18/h5,8-14,18H,2-4,6-7H2,1H3,(H,21,22,23). The van der Waals surface area contributed by atoms with Crippen LogP contribution in [-0.2, 0) is 11.2 Å². The fourth-order valence-corrected chi connectivity index (χ4v) is 4.52. The van der Waals surface area contributed by atoms with Crippen LogP contribution in [0.25, 0.3) is 0 Å². The Kier molecular flexibility index (Phi) is 6.74. The van der Waals surface area contributed by atoms with Gasteiger partial charge < -0.3 is 4.74 Å². The smallest absolute Gasteiger partial charge is 0.286 e. The van der Waals surface area contributed by atoms with E-state index in [9.17, 15) is 9.59 Å². The van der Waals surface area contributed by atoms with Crippen molar-refractivity contribution in [3.8, 4) is 5.75 Å². The summed E-state index contributed by atoms with van der Waals surface area (Å²) in [5, 5.41) is 4.00. The summed E-state index contributed by atoms with van der Waals surface area (Å²) in [6.45, 7) is 2.07. The molecular weight excluding hydrogens is 366 g/mol. The first kappa shape index (κ1) is 19.0. The number of carbonyl (C=O) groups excluding carboxylic acids is 2. The lowest BCUT2D eigenvalue weighted by molar-refractivity contribution is -0.119. The van der Waals surface area contributed by atoms with Crippen LogP contribution in [-0.4, -0.2) is 16.4 Å². The lowest BCUT2D eigenvalue weighted by Gasteiger charge is -2.13. The molecule has 1 aliphatic heterocycles. The maximum atomic E-state index is 11.5. The second kappa shape index (κ2) is 9.24. The quantitative estimate of drug-likeness (QED) is 0.588. The Morgan fingerprint density at radius 3 is 2.58 bits per heavy atom. The van der Waals surface area contributed by atoms with Gasteiger partial charge in [-0.1, -0.05) is 42.8 Å². The van der Waals surface area contributed by atoms with E-state index in [4.69, 9.17) is 4.74 Å². The summed E-state index contributed by atoms with van der Waals surface area (Å²) in [4.78, 5) is 23.8. The Hall–Kier alpha value is -1.79. The van der Waals surface area contributed by atoms with Gasteiger partial charge in [-0.15, -0.1) is 11.3 Å². The highest BCUT2D eigenvalue weighted by Crippen LogP contribution is 2.26. The molecule has 4 nitrogen and oxygen atoms in total. The van der Waals surface area contributed by atoms with Crippen molar-refractivity contribution in [1.82, 2.24) is 5.32 Å². The molecule has 2 unspecified atom stereocenters. The zero-order valence-corrected chi connectivity index (χ0v) is 16.4. The van der Waals surface area contributed by atoms with Crippen molar-refractivity contribution in [2.24, 2.45) is 0 Å². The van der Waals surface area contributed by atoms with E-state index >= 15 is 0 Å². The minimum absolute atomic E-state index is 0.0680. The number of nitrogens with one attached hydrogen (secondary N) is 1. The molecule has 1 saturated heterocycles. The van der Waals surface area contributed by atoms with Crippen molar-refractivity contribution in [2.75, 3.05) is 0 Å². The molecule has 0 bridgehead atoms. The number of thiophene rings is 1. The molecule has 2 heterocycles. The van der Waals surface area contributed by atoms with Gasteiger partial charge in [0.25, 0.3) is 5.24 Å². The van der Waals surface area contributed by atoms with Gasteiger partial charge in [-0.05, 0) is 55.3 Å². The maximum Gasteiger partial charge on any atom is 0.286 e. The summed E-state index contributed by atoms with van der Waals surface area (Å²) < 4.78 is 5.98. The monoisotopic (exact) mass is 389 g/mol. The van der Waals surface area contributed by atoms with Gasteiger partial charge in [0.1, 0.15) is 11.9 Å². The normalized spacial score (nSPS) is 18.0. The predicted octanol–water partition coefficient (Wildman–Crippen LogP) is 5.34. The van der Waals surface area contributed by atoms with Gasteiger partial charge in [0.15, 0.2) is 0 Å². The van der Waals surface area contributed by atoms with E-state index in [0.717, 1.165) is 49.6 Å². The van der Waals surface area contributed by atoms with E-state index in [0.29, 0.717) is 0 Å². The van der Waals surface area contributed by atoms with Gasteiger partial charge in [-0.2, -0.15) is 0 Å². The second-order valence-electron chi connectivity index (χ2n) is 6.40. The van der Waals surface area contributed by atoms with Crippen LogP contribution >= 0.6 is 23.1 Å². The first-order chi connectivity index (χ1) is 12.6. The highest BCUT2D eigenvalue weighted by atomic mass is 32.2. The molecular formula is C20H23NO3S2. The number of unbranched alkanes of at least 4 members (excludes halogenated alkanes) is 2. The molecule has 2 aromatic rings. The Labute approximate surface area is 162 Å². The zero-order chi connectivity index (χ0) is 18.4. The maximum absolute atomic E-state index is 11.5. The molecule has 1 aromatic carbocycles. The Morgan fingerprint density at radius 1 is 1.12 bits per heavy atom. The average Bonchev–Trinajstić information content (AvgIpc) is 3.26. The third-order valence-corrected chi connectivity index (χ3v) is 6.46. The van der Waals surface area contributed by atoms with E-state index in [1.165, 1.54) is 10.4 Å². The van der Waals surface area contributed by atoms with Crippen molar-refractivity contribution in [3.05, 3.63) is 52.2 Å². The fourth-order valence-electron chi connectivity index (χ4n) is 2.94. The third-order valence-electron chi connectivity index (χ3n) is 4.38. The molecule has 0 aliphatic carbocycles. The number of aryl methyl sites for hydroxylation is 1. The number of hydrogen-bond donors (Lipinski definition) is 1. The topological polar surface area (TPSA) is 55.4 Å². The largest absolute Gasteiger partial charge is 0.485 e. The number of amides is 2. The number of benzene rings is 1. The molecule has 1 aliphatic rings. The number of ether oxygens (including phenoxy) is 1. The first-order valence-electron chi connectivity index (χ1n) is 8.92. The molecule has 1 N–H and O–H groups in total. The van der Waals surface area contributed by atoms with Crippen LogP contribution in [0.2, 0.25) is 0 Å². The minimum Gasteiger partial charge on any atom is -0.485 e. The number of thioether (sulfide) groups is 1. The average molecular weight is 390 g/mol. The van der Waals surface area contributed by atoms with Crippen LogP contribution < -0.4 is 10.1 Å². The van der Waals surface area contributed by atoms with Crippen molar-refractivity contribution in [1.29, 1.82) is 0 Å².